The zero-order chi connectivity index (χ0) is 23.0. The summed E-state index contributed by atoms with van der Waals surface area (Å²) >= 11 is 0. The van der Waals surface area contributed by atoms with E-state index in [1.807, 2.05) is 32.9 Å². The Morgan fingerprint density at radius 3 is 2.25 bits per heavy atom. The van der Waals surface area contributed by atoms with Gasteiger partial charge in [-0.1, -0.05) is 17.7 Å². The minimum absolute atomic E-state index is 0.0611. The molecule has 0 radical (unpaired) electrons. The summed E-state index contributed by atoms with van der Waals surface area (Å²) in [5.41, 5.74) is 7.44. The second-order valence-corrected chi connectivity index (χ2v) is 8.76. The zero-order valence-electron chi connectivity index (χ0n) is 18.5. The Morgan fingerprint density at radius 1 is 1.09 bits per heavy atom. The van der Waals surface area contributed by atoms with Crippen LogP contribution in [0.1, 0.15) is 36.0 Å². The number of nitro groups is 1. The number of anilines is 2. The minimum Gasteiger partial charge on any atom is -0.371 e. The van der Waals surface area contributed by atoms with Gasteiger partial charge in [0.2, 0.25) is 5.91 Å². The van der Waals surface area contributed by atoms with Crippen LogP contribution in [-0.2, 0) is 4.79 Å². The highest BCUT2D eigenvalue weighted by Crippen LogP contribution is 2.34. The molecule has 168 valence electrons. The van der Waals surface area contributed by atoms with Crippen molar-refractivity contribution in [3.05, 3.63) is 63.2 Å². The molecule has 2 aromatic rings. The molecule has 1 spiro atoms. The number of benzene rings is 2. The van der Waals surface area contributed by atoms with Crippen LogP contribution in [0.5, 0.6) is 0 Å². The first kappa shape index (κ1) is 21.8. The molecule has 2 fully saturated rings. The van der Waals surface area contributed by atoms with Gasteiger partial charge in [0.15, 0.2) is 0 Å². The quantitative estimate of drug-likeness (QED) is 0.558. The minimum atomic E-state index is -0.472. The molecule has 4 rings (SSSR count). The highest BCUT2D eigenvalue weighted by atomic mass is 16.6. The maximum absolute atomic E-state index is 12.9. The predicted molar refractivity (Wildman–Crippen MR) is 122 cm³/mol. The SMILES string of the molecule is Cc1cc(C)c(NC(=O)N2NC3(CCN(c4ccc([N+](=O)[O-])cc4)CC3)CC2=O)c(C)c1. The second-order valence-electron chi connectivity index (χ2n) is 8.76. The maximum Gasteiger partial charge on any atom is 0.343 e. The first-order valence-corrected chi connectivity index (χ1v) is 10.7. The van der Waals surface area contributed by atoms with Gasteiger partial charge in [0.05, 0.1) is 10.5 Å². The molecule has 0 saturated carbocycles. The highest BCUT2D eigenvalue weighted by Gasteiger charge is 2.47. The van der Waals surface area contributed by atoms with Crippen LogP contribution in [0.15, 0.2) is 36.4 Å². The van der Waals surface area contributed by atoms with Crippen molar-refractivity contribution in [1.82, 2.24) is 10.4 Å². The summed E-state index contributed by atoms with van der Waals surface area (Å²) in [6.45, 7) is 7.24. The Labute approximate surface area is 186 Å². The Bertz CT molecular complexity index is 1050. The van der Waals surface area contributed by atoms with Crippen molar-refractivity contribution in [1.29, 1.82) is 0 Å². The standard InChI is InChI=1S/C23H27N5O4/c1-15-12-16(2)21(17(3)13-15)24-22(30)27-20(29)14-23(25-27)8-10-26(11-9-23)18-4-6-19(7-5-18)28(31)32/h4-7,12-13,25H,8-11,14H2,1-3H3,(H,24,30). The molecule has 9 heteroatoms. The zero-order valence-corrected chi connectivity index (χ0v) is 18.5. The summed E-state index contributed by atoms with van der Waals surface area (Å²) in [6.07, 6.45) is 1.63. The first-order valence-electron chi connectivity index (χ1n) is 10.7. The number of aryl methyl sites for hydroxylation is 3. The lowest BCUT2D eigenvalue weighted by Gasteiger charge is -2.40. The van der Waals surface area contributed by atoms with Crippen molar-refractivity contribution in [3.8, 4) is 0 Å². The summed E-state index contributed by atoms with van der Waals surface area (Å²) in [6, 6.07) is 10.0. The number of hydrogen-bond donors (Lipinski definition) is 2. The lowest BCUT2D eigenvalue weighted by Crippen LogP contribution is -2.55. The fraction of sp³-hybridized carbons (Fsp3) is 0.391. The fourth-order valence-corrected chi connectivity index (χ4v) is 4.68. The van der Waals surface area contributed by atoms with E-state index in [2.05, 4.69) is 15.6 Å². The number of urea groups is 1. The fourth-order valence-electron chi connectivity index (χ4n) is 4.68. The van der Waals surface area contributed by atoms with Gasteiger partial charge in [-0.15, -0.1) is 0 Å². The molecule has 32 heavy (non-hydrogen) atoms. The maximum atomic E-state index is 12.9. The van der Waals surface area contributed by atoms with Gasteiger partial charge < -0.3 is 10.2 Å². The number of imide groups is 1. The molecule has 2 aliphatic rings. The molecule has 0 atom stereocenters. The van der Waals surface area contributed by atoms with Crippen LogP contribution in [0.25, 0.3) is 0 Å². The largest absolute Gasteiger partial charge is 0.371 e. The van der Waals surface area contributed by atoms with E-state index in [-0.39, 0.29) is 18.0 Å². The number of nitro benzene ring substituents is 1. The molecule has 2 aliphatic heterocycles. The van der Waals surface area contributed by atoms with E-state index in [4.69, 9.17) is 0 Å². The second kappa shape index (κ2) is 8.23. The number of nitrogens with one attached hydrogen (secondary N) is 2. The van der Waals surface area contributed by atoms with Crippen LogP contribution >= 0.6 is 0 Å². The molecule has 2 aromatic carbocycles. The molecule has 3 amide bonds. The summed E-state index contributed by atoms with van der Waals surface area (Å²) in [4.78, 5) is 38.1. The van der Waals surface area contributed by atoms with Crippen molar-refractivity contribution >= 4 is 29.0 Å². The molecule has 2 heterocycles. The normalized spacial score (nSPS) is 17.7. The topological polar surface area (TPSA) is 108 Å². The lowest BCUT2D eigenvalue weighted by atomic mass is 9.86. The van der Waals surface area contributed by atoms with Crippen molar-refractivity contribution in [2.45, 2.75) is 45.6 Å². The van der Waals surface area contributed by atoms with E-state index in [0.717, 1.165) is 33.1 Å². The number of hydrogen-bond acceptors (Lipinski definition) is 6. The monoisotopic (exact) mass is 437 g/mol. The van der Waals surface area contributed by atoms with Crippen molar-refractivity contribution in [2.24, 2.45) is 0 Å². The molecule has 0 bridgehead atoms. The number of amides is 3. The molecule has 9 nitrogen and oxygen atoms in total. The van der Waals surface area contributed by atoms with Crippen molar-refractivity contribution < 1.29 is 14.5 Å². The summed E-state index contributed by atoms with van der Waals surface area (Å²) < 4.78 is 0. The summed E-state index contributed by atoms with van der Waals surface area (Å²) in [7, 11) is 0. The Kier molecular flexibility index (Phi) is 5.60. The third kappa shape index (κ3) is 4.16. The first-order chi connectivity index (χ1) is 15.2. The van der Waals surface area contributed by atoms with E-state index in [0.29, 0.717) is 25.9 Å². The van der Waals surface area contributed by atoms with Gasteiger partial charge in [-0.3, -0.25) is 14.9 Å². The number of carbonyl (C=O) groups excluding carboxylic acids is 2. The molecular formula is C23H27N5O4. The average Bonchev–Trinajstić information content (AvgIpc) is 3.07. The van der Waals surface area contributed by atoms with Gasteiger partial charge in [0.25, 0.3) is 5.69 Å². The van der Waals surface area contributed by atoms with Crippen molar-refractivity contribution in [3.63, 3.8) is 0 Å². The summed E-state index contributed by atoms with van der Waals surface area (Å²) in [5, 5.41) is 14.9. The predicted octanol–water partition coefficient (Wildman–Crippen LogP) is 3.83. The van der Waals surface area contributed by atoms with Crippen LogP contribution in [0.2, 0.25) is 0 Å². The van der Waals surface area contributed by atoms with E-state index >= 15 is 0 Å². The van der Waals surface area contributed by atoms with Crippen LogP contribution in [-0.4, -0.2) is 40.5 Å². The number of hydrazine groups is 1. The number of piperidine rings is 1. The van der Waals surface area contributed by atoms with Gasteiger partial charge in [-0.25, -0.2) is 10.2 Å². The molecule has 0 unspecified atom stereocenters. The highest BCUT2D eigenvalue weighted by molar-refractivity contribution is 6.03. The number of nitrogens with zero attached hydrogens (tertiary/aromatic N) is 3. The summed E-state index contributed by atoms with van der Waals surface area (Å²) in [5.74, 6) is -0.242. The molecule has 2 saturated heterocycles. The number of non-ortho nitro benzene ring substituents is 1. The third-order valence-corrected chi connectivity index (χ3v) is 6.35. The lowest BCUT2D eigenvalue weighted by molar-refractivity contribution is -0.384. The van der Waals surface area contributed by atoms with Gasteiger partial charge in [0.1, 0.15) is 0 Å². The van der Waals surface area contributed by atoms with Gasteiger partial charge in [-0.05, 0) is 56.9 Å². The Hall–Kier alpha value is -3.46. The molecular weight excluding hydrogens is 410 g/mol. The number of carbonyl (C=O) groups is 2. The third-order valence-electron chi connectivity index (χ3n) is 6.35. The molecule has 0 aliphatic carbocycles. The van der Waals surface area contributed by atoms with Crippen LogP contribution < -0.4 is 15.6 Å². The van der Waals surface area contributed by atoms with Gasteiger partial charge >= 0.3 is 6.03 Å². The van der Waals surface area contributed by atoms with Crippen LogP contribution in [0.4, 0.5) is 21.9 Å². The Morgan fingerprint density at radius 2 is 1.69 bits per heavy atom. The van der Waals surface area contributed by atoms with Crippen LogP contribution in [0, 0.1) is 30.9 Å². The molecule has 0 aromatic heterocycles. The van der Waals surface area contributed by atoms with Crippen molar-refractivity contribution in [2.75, 3.05) is 23.3 Å². The molecule has 2 N–H and O–H groups in total. The van der Waals surface area contributed by atoms with Crippen LogP contribution in [0.3, 0.4) is 0 Å². The Balaban J connectivity index is 1.40. The van der Waals surface area contributed by atoms with E-state index < -0.39 is 16.5 Å². The van der Waals surface area contributed by atoms with E-state index in [9.17, 15) is 19.7 Å². The van der Waals surface area contributed by atoms with E-state index in [1.165, 1.54) is 12.1 Å². The average molecular weight is 438 g/mol. The smallest absolute Gasteiger partial charge is 0.343 e. The van der Waals surface area contributed by atoms with E-state index in [1.54, 1.807) is 12.1 Å². The number of rotatable bonds is 3. The van der Waals surface area contributed by atoms with Gasteiger partial charge in [0, 0.05) is 43.0 Å². The van der Waals surface area contributed by atoms with Gasteiger partial charge in [-0.2, -0.15) is 5.01 Å².